The van der Waals surface area contributed by atoms with Gasteiger partial charge in [0, 0.05) is 50.5 Å². The van der Waals surface area contributed by atoms with E-state index in [1.54, 1.807) is 18.3 Å². The number of halogens is 1. The molecule has 3 rings (SSSR count). The molecular formula is C21H27FN4O2. The first-order valence-electron chi connectivity index (χ1n) is 9.86. The van der Waals surface area contributed by atoms with Gasteiger partial charge in [0.15, 0.2) is 5.82 Å². The first-order valence-corrected chi connectivity index (χ1v) is 9.86. The van der Waals surface area contributed by atoms with Gasteiger partial charge in [-0.2, -0.15) is 0 Å². The summed E-state index contributed by atoms with van der Waals surface area (Å²) < 4.78 is 18.4. The molecule has 0 radical (unpaired) electrons. The maximum atomic E-state index is 13.1. The van der Waals surface area contributed by atoms with Gasteiger partial charge >= 0.3 is 0 Å². The van der Waals surface area contributed by atoms with Gasteiger partial charge in [0.25, 0.3) is 0 Å². The average Bonchev–Trinajstić information content (AvgIpc) is 2.74. The highest BCUT2D eigenvalue weighted by molar-refractivity contribution is 5.78. The van der Waals surface area contributed by atoms with Gasteiger partial charge in [-0.25, -0.2) is 14.4 Å². The zero-order valence-corrected chi connectivity index (χ0v) is 16.2. The standard InChI is InChI=1S/C21H27FN4O2/c1-2-28-15-3-11-24-21(27)17-9-13-26(14-10-17)19-8-12-23-20(25-19)16-4-6-18(22)7-5-16/h4-8,12,17H,2-3,9-11,13-15H2,1H3,(H,24,27). The Kier molecular flexibility index (Phi) is 7.31. The Labute approximate surface area is 165 Å². The molecule has 1 aromatic heterocycles. The van der Waals surface area contributed by atoms with Crippen LogP contribution in [0.4, 0.5) is 10.2 Å². The molecule has 1 saturated heterocycles. The number of nitrogens with zero attached hydrogens (tertiary/aromatic N) is 3. The fourth-order valence-electron chi connectivity index (χ4n) is 3.31. The van der Waals surface area contributed by atoms with E-state index in [1.807, 2.05) is 13.0 Å². The Morgan fingerprint density at radius 1 is 1.25 bits per heavy atom. The molecule has 1 N–H and O–H groups in total. The molecule has 0 unspecified atom stereocenters. The van der Waals surface area contributed by atoms with Crippen LogP contribution in [-0.2, 0) is 9.53 Å². The van der Waals surface area contributed by atoms with Crippen LogP contribution in [0, 0.1) is 11.7 Å². The van der Waals surface area contributed by atoms with Crippen molar-refractivity contribution in [2.45, 2.75) is 26.2 Å². The number of hydrogen-bond donors (Lipinski definition) is 1. The van der Waals surface area contributed by atoms with Gasteiger partial charge in [0.05, 0.1) is 0 Å². The highest BCUT2D eigenvalue weighted by atomic mass is 19.1. The third-order valence-corrected chi connectivity index (χ3v) is 4.90. The van der Waals surface area contributed by atoms with E-state index in [0.717, 1.165) is 43.7 Å². The summed E-state index contributed by atoms with van der Waals surface area (Å²) in [5.41, 5.74) is 0.782. The lowest BCUT2D eigenvalue weighted by Crippen LogP contribution is -2.41. The fraction of sp³-hybridized carbons (Fsp3) is 0.476. The summed E-state index contributed by atoms with van der Waals surface area (Å²) in [6, 6.07) is 8.04. The fourth-order valence-corrected chi connectivity index (χ4v) is 3.31. The molecule has 7 heteroatoms. The number of carbonyl (C=O) groups excluding carboxylic acids is 1. The molecule has 0 atom stereocenters. The van der Waals surface area contributed by atoms with Crippen LogP contribution in [0.1, 0.15) is 26.2 Å². The summed E-state index contributed by atoms with van der Waals surface area (Å²) in [6.07, 6.45) is 4.16. The molecule has 2 aromatic rings. The minimum atomic E-state index is -0.279. The highest BCUT2D eigenvalue weighted by Crippen LogP contribution is 2.24. The number of ether oxygens (including phenoxy) is 1. The van der Waals surface area contributed by atoms with Crippen molar-refractivity contribution in [2.24, 2.45) is 5.92 Å². The van der Waals surface area contributed by atoms with Crippen LogP contribution in [0.25, 0.3) is 11.4 Å². The quantitative estimate of drug-likeness (QED) is 0.707. The summed E-state index contributed by atoms with van der Waals surface area (Å²) >= 11 is 0. The van der Waals surface area contributed by atoms with E-state index in [2.05, 4.69) is 20.2 Å². The van der Waals surface area contributed by atoms with E-state index >= 15 is 0 Å². The van der Waals surface area contributed by atoms with Crippen LogP contribution in [0.15, 0.2) is 36.5 Å². The van der Waals surface area contributed by atoms with Crippen molar-refractivity contribution >= 4 is 11.7 Å². The summed E-state index contributed by atoms with van der Waals surface area (Å²) in [5.74, 6) is 1.31. The molecule has 0 bridgehead atoms. The van der Waals surface area contributed by atoms with Crippen LogP contribution in [0.5, 0.6) is 0 Å². The van der Waals surface area contributed by atoms with Crippen molar-refractivity contribution in [3.8, 4) is 11.4 Å². The predicted molar refractivity (Wildman–Crippen MR) is 106 cm³/mol. The van der Waals surface area contributed by atoms with Crippen LogP contribution in [0.3, 0.4) is 0 Å². The Bertz CT molecular complexity index is 761. The SMILES string of the molecule is CCOCCCNC(=O)C1CCN(c2ccnc(-c3ccc(F)cc3)n2)CC1. The number of rotatable bonds is 8. The lowest BCUT2D eigenvalue weighted by Gasteiger charge is -2.32. The smallest absolute Gasteiger partial charge is 0.223 e. The molecule has 150 valence electrons. The van der Waals surface area contributed by atoms with Gasteiger partial charge in [0.2, 0.25) is 5.91 Å². The normalized spacial score (nSPS) is 14.9. The lowest BCUT2D eigenvalue weighted by atomic mass is 9.96. The minimum Gasteiger partial charge on any atom is -0.382 e. The second kappa shape index (κ2) is 10.1. The van der Waals surface area contributed by atoms with Gasteiger partial charge in [-0.05, 0) is 56.5 Å². The van der Waals surface area contributed by atoms with Crippen LogP contribution < -0.4 is 10.2 Å². The predicted octanol–water partition coefficient (Wildman–Crippen LogP) is 3.04. The second-order valence-electron chi connectivity index (χ2n) is 6.85. The average molecular weight is 386 g/mol. The molecular weight excluding hydrogens is 359 g/mol. The van der Waals surface area contributed by atoms with E-state index in [1.165, 1.54) is 12.1 Å². The second-order valence-corrected chi connectivity index (χ2v) is 6.85. The van der Waals surface area contributed by atoms with Gasteiger partial charge in [0.1, 0.15) is 11.6 Å². The zero-order valence-electron chi connectivity index (χ0n) is 16.2. The Hall–Kier alpha value is -2.54. The third-order valence-electron chi connectivity index (χ3n) is 4.90. The number of benzene rings is 1. The van der Waals surface area contributed by atoms with Crippen molar-refractivity contribution in [3.63, 3.8) is 0 Å². The van der Waals surface area contributed by atoms with Crippen LogP contribution >= 0.6 is 0 Å². The molecule has 1 aromatic carbocycles. The van der Waals surface area contributed by atoms with Crippen molar-refractivity contribution in [2.75, 3.05) is 37.7 Å². The van der Waals surface area contributed by atoms with E-state index in [9.17, 15) is 9.18 Å². The number of nitrogens with one attached hydrogen (secondary N) is 1. The number of hydrogen-bond acceptors (Lipinski definition) is 5. The van der Waals surface area contributed by atoms with Crippen molar-refractivity contribution in [1.82, 2.24) is 15.3 Å². The van der Waals surface area contributed by atoms with Crippen molar-refractivity contribution < 1.29 is 13.9 Å². The largest absolute Gasteiger partial charge is 0.382 e. The number of amides is 1. The van der Waals surface area contributed by atoms with Gasteiger partial charge in [-0.15, -0.1) is 0 Å². The first-order chi connectivity index (χ1) is 13.7. The molecule has 1 aliphatic heterocycles. The molecule has 1 amide bonds. The van der Waals surface area contributed by atoms with E-state index in [0.29, 0.717) is 25.6 Å². The van der Waals surface area contributed by atoms with E-state index < -0.39 is 0 Å². The van der Waals surface area contributed by atoms with Crippen LogP contribution in [0.2, 0.25) is 0 Å². The number of aromatic nitrogens is 2. The minimum absolute atomic E-state index is 0.0433. The van der Waals surface area contributed by atoms with Crippen molar-refractivity contribution in [3.05, 3.63) is 42.3 Å². The molecule has 2 heterocycles. The number of piperidine rings is 1. The first kappa shape index (κ1) is 20.2. The van der Waals surface area contributed by atoms with E-state index in [4.69, 9.17) is 4.74 Å². The lowest BCUT2D eigenvalue weighted by molar-refractivity contribution is -0.125. The van der Waals surface area contributed by atoms with Crippen molar-refractivity contribution in [1.29, 1.82) is 0 Å². The van der Waals surface area contributed by atoms with Gasteiger partial charge in [-0.3, -0.25) is 4.79 Å². The molecule has 6 nitrogen and oxygen atoms in total. The Morgan fingerprint density at radius 2 is 2.00 bits per heavy atom. The van der Waals surface area contributed by atoms with Gasteiger partial charge in [-0.1, -0.05) is 0 Å². The Morgan fingerprint density at radius 3 is 2.71 bits per heavy atom. The third kappa shape index (κ3) is 5.48. The molecule has 28 heavy (non-hydrogen) atoms. The highest BCUT2D eigenvalue weighted by Gasteiger charge is 2.25. The summed E-state index contributed by atoms with van der Waals surface area (Å²) in [6.45, 7) is 5.56. The molecule has 0 spiro atoms. The summed E-state index contributed by atoms with van der Waals surface area (Å²) in [7, 11) is 0. The number of anilines is 1. The zero-order chi connectivity index (χ0) is 19.8. The summed E-state index contributed by atoms with van der Waals surface area (Å²) in [4.78, 5) is 23.4. The summed E-state index contributed by atoms with van der Waals surface area (Å²) in [5, 5.41) is 3.01. The molecule has 1 fully saturated rings. The maximum absolute atomic E-state index is 13.1. The molecule has 0 saturated carbocycles. The topological polar surface area (TPSA) is 67.3 Å². The van der Waals surface area contributed by atoms with Gasteiger partial charge < -0.3 is 15.0 Å². The Balaban J connectivity index is 1.51. The van der Waals surface area contributed by atoms with Crippen LogP contribution in [-0.4, -0.2) is 48.7 Å². The molecule has 0 aliphatic carbocycles. The van der Waals surface area contributed by atoms with E-state index in [-0.39, 0.29) is 17.6 Å². The maximum Gasteiger partial charge on any atom is 0.223 e. The molecule has 1 aliphatic rings. The number of carbonyl (C=O) groups is 1. The monoisotopic (exact) mass is 386 g/mol.